The van der Waals surface area contributed by atoms with Gasteiger partial charge in [-0.05, 0) is 74.6 Å². The topological polar surface area (TPSA) is 37.0 Å². The minimum atomic E-state index is 0.229. The number of rotatable bonds is 3. The first-order chi connectivity index (χ1) is 12.1. The molecule has 0 saturated heterocycles. The van der Waals surface area contributed by atoms with Crippen molar-refractivity contribution >= 4 is 10.9 Å². The van der Waals surface area contributed by atoms with Crippen molar-refractivity contribution in [3.05, 3.63) is 63.8 Å². The Morgan fingerprint density at radius 1 is 1.08 bits per heavy atom. The largest absolute Gasteiger partial charge is 0.494 e. The number of nitrogens with one attached hydrogen (secondary N) is 2. The van der Waals surface area contributed by atoms with E-state index in [9.17, 15) is 0 Å². The van der Waals surface area contributed by atoms with Crippen LogP contribution in [0.4, 0.5) is 0 Å². The van der Waals surface area contributed by atoms with Crippen LogP contribution in [0, 0.1) is 20.8 Å². The first-order valence-corrected chi connectivity index (χ1v) is 9.17. The Labute approximate surface area is 149 Å². The van der Waals surface area contributed by atoms with E-state index in [-0.39, 0.29) is 6.04 Å². The zero-order valence-electron chi connectivity index (χ0n) is 15.5. The van der Waals surface area contributed by atoms with Gasteiger partial charge in [-0.3, -0.25) is 0 Å². The van der Waals surface area contributed by atoms with Crippen LogP contribution in [0.3, 0.4) is 0 Å². The van der Waals surface area contributed by atoms with E-state index in [2.05, 4.69) is 61.4 Å². The molecule has 0 bridgehead atoms. The highest BCUT2D eigenvalue weighted by molar-refractivity contribution is 5.86. The summed E-state index contributed by atoms with van der Waals surface area (Å²) in [6.07, 6.45) is 1.05. The zero-order valence-corrected chi connectivity index (χ0v) is 15.5. The number of aryl methyl sites for hydroxylation is 3. The second-order valence-corrected chi connectivity index (χ2v) is 7.11. The molecule has 3 nitrogen and oxygen atoms in total. The highest BCUT2D eigenvalue weighted by atomic mass is 16.5. The molecule has 1 aromatic heterocycles. The van der Waals surface area contributed by atoms with Crippen molar-refractivity contribution < 1.29 is 4.74 Å². The lowest BCUT2D eigenvalue weighted by Gasteiger charge is -2.28. The maximum Gasteiger partial charge on any atom is 0.120 e. The van der Waals surface area contributed by atoms with Crippen LogP contribution in [0.15, 0.2) is 30.3 Å². The molecule has 1 aliphatic rings. The van der Waals surface area contributed by atoms with Crippen molar-refractivity contribution in [3.8, 4) is 5.75 Å². The third kappa shape index (κ3) is 2.73. The van der Waals surface area contributed by atoms with Gasteiger partial charge in [0.2, 0.25) is 0 Å². The van der Waals surface area contributed by atoms with Gasteiger partial charge in [0.1, 0.15) is 5.75 Å². The molecular formula is C22H26N2O. The summed E-state index contributed by atoms with van der Waals surface area (Å²) in [6, 6.07) is 11.2. The maximum atomic E-state index is 5.71. The van der Waals surface area contributed by atoms with Gasteiger partial charge in [-0.15, -0.1) is 0 Å². The van der Waals surface area contributed by atoms with Crippen molar-refractivity contribution in [2.24, 2.45) is 0 Å². The number of aromatic amines is 1. The average molecular weight is 334 g/mol. The molecule has 130 valence electrons. The summed E-state index contributed by atoms with van der Waals surface area (Å²) in [6.45, 7) is 10.3. The number of fused-ring (bicyclic) bond motifs is 3. The normalized spacial score (nSPS) is 16.9. The minimum absolute atomic E-state index is 0.229. The smallest absolute Gasteiger partial charge is 0.120 e. The summed E-state index contributed by atoms with van der Waals surface area (Å²) in [4.78, 5) is 3.68. The van der Waals surface area contributed by atoms with Gasteiger partial charge in [0.25, 0.3) is 0 Å². The molecule has 3 heteroatoms. The Bertz CT molecular complexity index is 916. The number of H-pyrrole nitrogens is 1. The van der Waals surface area contributed by atoms with E-state index in [4.69, 9.17) is 4.74 Å². The van der Waals surface area contributed by atoms with Crippen molar-refractivity contribution in [1.82, 2.24) is 10.3 Å². The molecule has 2 N–H and O–H groups in total. The predicted octanol–water partition coefficient (Wildman–Crippen LogP) is 4.73. The molecule has 0 aliphatic carbocycles. The van der Waals surface area contributed by atoms with Crippen LogP contribution in [0.5, 0.6) is 5.75 Å². The third-order valence-corrected chi connectivity index (χ3v) is 5.26. The van der Waals surface area contributed by atoms with E-state index < -0.39 is 0 Å². The van der Waals surface area contributed by atoms with E-state index in [1.807, 2.05) is 6.92 Å². The molecule has 0 saturated carbocycles. The van der Waals surface area contributed by atoms with Crippen LogP contribution in [0.25, 0.3) is 10.9 Å². The van der Waals surface area contributed by atoms with E-state index in [1.54, 1.807) is 0 Å². The van der Waals surface area contributed by atoms with Crippen LogP contribution < -0.4 is 10.1 Å². The van der Waals surface area contributed by atoms with Crippen molar-refractivity contribution in [1.29, 1.82) is 0 Å². The van der Waals surface area contributed by atoms with Crippen LogP contribution in [-0.2, 0) is 6.42 Å². The summed E-state index contributed by atoms with van der Waals surface area (Å²) in [5.74, 6) is 0.953. The second-order valence-electron chi connectivity index (χ2n) is 7.11. The van der Waals surface area contributed by atoms with Gasteiger partial charge >= 0.3 is 0 Å². The molecular weight excluding hydrogens is 308 g/mol. The third-order valence-electron chi connectivity index (χ3n) is 5.26. The van der Waals surface area contributed by atoms with E-state index >= 15 is 0 Å². The van der Waals surface area contributed by atoms with Crippen LogP contribution in [0.1, 0.15) is 46.5 Å². The Balaban J connectivity index is 1.87. The predicted molar refractivity (Wildman–Crippen MR) is 104 cm³/mol. The van der Waals surface area contributed by atoms with Crippen LogP contribution in [0.2, 0.25) is 0 Å². The Kier molecular flexibility index (Phi) is 4.04. The molecule has 0 amide bonds. The highest BCUT2D eigenvalue weighted by Gasteiger charge is 2.27. The van der Waals surface area contributed by atoms with Gasteiger partial charge in [-0.2, -0.15) is 0 Å². The van der Waals surface area contributed by atoms with Crippen molar-refractivity contribution in [2.75, 3.05) is 13.2 Å². The molecule has 25 heavy (non-hydrogen) atoms. The van der Waals surface area contributed by atoms with Gasteiger partial charge in [-0.1, -0.05) is 17.7 Å². The first-order valence-electron chi connectivity index (χ1n) is 9.17. The monoisotopic (exact) mass is 334 g/mol. The Morgan fingerprint density at radius 2 is 1.84 bits per heavy atom. The summed E-state index contributed by atoms with van der Waals surface area (Å²) in [5.41, 5.74) is 9.39. The van der Waals surface area contributed by atoms with Crippen LogP contribution >= 0.6 is 0 Å². The summed E-state index contributed by atoms with van der Waals surface area (Å²) in [5, 5.41) is 5.03. The standard InChI is InChI=1S/C22H26N2O/c1-5-25-16-6-7-19-18(12-16)17-8-9-23-22(21(17)24-19)20-14(3)10-13(2)11-15(20)4/h6-7,10-12,22-24H,5,8-9H2,1-4H3. The highest BCUT2D eigenvalue weighted by Crippen LogP contribution is 2.37. The van der Waals surface area contributed by atoms with Gasteiger partial charge in [-0.25, -0.2) is 0 Å². The molecule has 4 rings (SSSR count). The Morgan fingerprint density at radius 3 is 2.56 bits per heavy atom. The molecule has 1 aliphatic heterocycles. The van der Waals surface area contributed by atoms with Gasteiger partial charge in [0.05, 0.1) is 12.6 Å². The fourth-order valence-corrected chi connectivity index (χ4v) is 4.36. The lowest BCUT2D eigenvalue weighted by atomic mass is 9.88. The maximum absolute atomic E-state index is 5.71. The molecule has 2 heterocycles. The lowest BCUT2D eigenvalue weighted by molar-refractivity contribution is 0.340. The number of ether oxygens (including phenoxy) is 1. The van der Waals surface area contributed by atoms with Gasteiger partial charge in [0, 0.05) is 23.1 Å². The van der Waals surface area contributed by atoms with Crippen molar-refractivity contribution in [2.45, 2.75) is 40.2 Å². The molecule has 1 unspecified atom stereocenters. The molecule has 0 spiro atoms. The van der Waals surface area contributed by atoms with Crippen LogP contribution in [-0.4, -0.2) is 18.1 Å². The number of hydrogen-bond acceptors (Lipinski definition) is 2. The molecule has 0 radical (unpaired) electrons. The molecule has 0 fully saturated rings. The van der Waals surface area contributed by atoms with E-state index in [1.165, 1.54) is 44.4 Å². The number of benzene rings is 2. The average Bonchev–Trinajstić information content (AvgIpc) is 2.93. The van der Waals surface area contributed by atoms with E-state index in [0.29, 0.717) is 6.61 Å². The quantitative estimate of drug-likeness (QED) is 0.727. The zero-order chi connectivity index (χ0) is 17.6. The molecule has 1 atom stereocenters. The molecule has 2 aromatic carbocycles. The van der Waals surface area contributed by atoms with Gasteiger partial charge in [0.15, 0.2) is 0 Å². The number of hydrogen-bond donors (Lipinski definition) is 2. The minimum Gasteiger partial charge on any atom is -0.494 e. The summed E-state index contributed by atoms with van der Waals surface area (Å²) in [7, 11) is 0. The SMILES string of the molecule is CCOc1ccc2[nH]c3c(c2c1)CCNC3c1c(C)cc(C)cc1C. The Hall–Kier alpha value is -2.26. The number of aromatic nitrogens is 1. The lowest BCUT2D eigenvalue weighted by Crippen LogP contribution is -2.31. The van der Waals surface area contributed by atoms with Gasteiger partial charge < -0.3 is 15.0 Å². The summed E-state index contributed by atoms with van der Waals surface area (Å²) < 4.78 is 5.71. The second kappa shape index (κ2) is 6.23. The fourth-order valence-electron chi connectivity index (χ4n) is 4.36. The van der Waals surface area contributed by atoms with Crippen molar-refractivity contribution in [3.63, 3.8) is 0 Å². The first kappa shape index (κ1) is 16.2. The fraction of sp³-hybridized carbons (Fsp3) is 0.364. The summed E-state index contributed by atoms with van der Waals surface area (Å²) >= 11 is 0. The molecule has 3 aromatic rings. The van der Waals surface area contributed by atoms with E-state index in [0.717, 1.165) is 18.7 Å².